The molecule has 0 bridgehead atoms. The zero-order valence-electron chi connectivity index (χ0n) is 11.0. The molecule has 5 heteroatoms. The summed E-state index contributed by atoms with van der Waals surface area (Å²) in [4.78, 5) is 24.2. The third kappa shape index (κ3) is 3.55. The van der Waals surface area contributed by atoms with E-state index in [0.29, 0.717) is 6.54 Å². The summed E-state index contributed by atoms with van der Waals surface area (Å²) in [5.74, 6) is 2.01. The molecule has 0 heterocycles. The summed E-state index contributed by atoms with van der Waals surface area (Å²) in [5, 5.41) is 11.0. The van der Waals surface area contributed by atoms with Gasteiger partial charge < -0.3 is 4.90 Å². The van der Waals surface area contributed by atoms with E-state index in [1.54, 1.807) is 13.0 Å². The van der Waals surface area contributed by atoms with Crippen molar-refractivity contribution in [3.8, 4) is 12.3 Å². The van der Waals surface area contributed by atoms with E-state index in [2.05, 4.69) is 5.92 Å². The third-order valence-electron chi connectivity index (χ3n) is 2.64. The zero-order chi connectivity index (χ0) is 14.4. The molecule has 0 aliphatic heterocycles. The summed E-state index contributed by atoms with van der Waals surface area (Å²) in [5.41, 5.74) is 0.702. The van der Waals surface area contributed by atoms with Crippen LogP contribution < -0.4 is 0 Å². The summed E-state index contributed by atoms with van der Waals surface area (Å²) >= 11 is 0. The Balaban J connectivity index is 3.19. The SMILES string of the molecule is C#CCN(CCC)C(=O)c1cc(C)ccc1[N+](=O)[O-]. The van der Waals surface area contributed by atoms with Gasteiger partial charge in [0.25, 0.3) is 11.6 Å². The first-order valence-electron chi connectivity index (χ1n) is 5.99. The van der Waals surface area contributed by atoms with Gasteiger partial charge >= 0.3 is 0 Å². The summed E-state index contributed by atoms with van der Waals surface area (Å²) in [7, 11) is 0. The van der Waals surface area contributed by atoms with Crippen LogP contribution in [0.4, 0.5) is 5.69 Å². The van der Waals surface area contributed by atoms with Crippen molar-refractivity contribution in [1.29, 1.82) is 0 Å². The number of carbonyl (C=O) groups is 1. The van der Waals surface area contributed by atoms with Crippen LogP contribution in [0.3, 0.4) is 0 Å². The van der Waals surface area contributed by atoms with Gasteiger partial charge in [0, 0.05) is 12.6 Å². The molecule has 1 aromatic carbocycles. The van der Waals surface area contributed by atoms with Crippen molar-refractivity contribution in [2.45, 2.75) is 20.3 Å². The Kier molecular flexibility index (Phi) is 5.07. The summed E-state index contributed by atoms with van der Waals surface area (Å²) in [6.45, 7) is 4.33. The van der Waals surface area contributed by atoms with Crippen LogP contribution in [0.25, 0.3) is 0 Å². The molecule has 1 aromatic rings. The molecule has 0 aliphatic rings. The number of benzene rings is 1. The molecule has 100 valence electrons. The Hall–Kier alpha value is -2.35. The van der Waals surface area contributed by atoms with E-state index in [1.165, 1.54) is 17.0 Å². The van der Waals surface area contributed by atoms with Crippen LogP contribution in [-0.4, -0.2) is 28.8 Å². The number of aryl methyl sites for hydroxylation is 1. The second-order valence-corrected chi connectivity index (χ2v) is 4.21. The molecule has 0 spiro atoms. The first kappa shape index (κ1) is 14.7. The van der Waals surface area contributed by atoms with Crippen LogP contribution in [0.1, 0.15) is 29.3 Å². The van der Waals surface area contributed by atoms with Crippen molar-refractivity contribution in [3.05, 3.63) is 39.4 Å². The first-order chi connectivity index (χ1) is 9.01. The highest BCUT2D eigenvalue weighted by Gasteiger charge is 2.23. The standard InChI is InChI=1S/C14H16N2O3/c1-4-8-15(9-5-2)14(17)12-10-11(3)6-7-13(12)16(18)19/h1,6-7,10H,5,8-9H2,2-3H3. The lowest BCUT2D eigenvalue weighted by Gasteiger charge is -2.19. The number of amides is 1. The van der Waals surface area contributed by atoms with Gasteiger partial charge in [0.1, 0.15) is 5.56 Å². The monoisotopic (exact) mass is 260 g/mol. The molecule has 5 nitrogen and oxygen atoms in total. The van der Waals surface area contributed by atoms with Crippen molar-refractivity contribution in [2.24, 2.45) is 0 Å². The maximum absolute atomic E-state index is 12.3. The molecule has 0 aliphatic carbocycles. The average molecular weight is 260 g/mol. The lowest BCUT2D eigenvalue weighted by atomic mass is 10.1. The molecule has 0 unspecified atom stereocenters. The average Bonchev–Trinajstić information content (AvgIpc) is 2.37. The van der Waals surface area contributed by atoms with Crippen LogP contribution in [0, 0.1) is 29.4 Å². The fourth-order valence-corrected chi connectivity index (χ4v) is 1.78. The highest BCUT2D eigenvalue weighted by Crippen LogP contribution is 2.21. The number of nitro benzene ring substituents is 1. The maximum atomic E-state index is 12.3. The number of hydrogen-bond donors (Lipinski definition) is 0. The summed E-state index contributed by atoms with van der Waals surface area (Å²) in [6.07, 6.45) is 5.97. The fraction of sp³-hybridized carbons (Fsp3) is 0.357. The molecule has 0 atom stereocenters. The van der Waals surface area contributed by atoms with Crippen molar-refractivity contribution in [2.75, 3.05) is 13.1 Å². The molecular weight excluding hydrogens is 244 g/mol. The predicted octanol–water partition coefficient (Wildman–Crippen LogP) is 2.39. The second-order valence-electron chi connectivity index (χ2n) is 4.21. The Morgan fingerprint density at radius 1 is 1.53 bits per heavy atom. The minimum absolute atomic E-state index is 0.0914. The van der Waals surface area contributed by atoms with Gasteiger partial charge in [-0.15, -0.1) is 6.42 Å². The lowest BCUT2D eigenvalue weighted by Crippen LogP contribution is -2.32. The second kappa shape index (κ2) is 6.55. The molecule has 0 radical (unpaired) electrons. The molecule has 0 N–H and O–H groups in total. The zero-order valence-corrected chi connectivity index (χ0v) is 11.0. The van der Waals surface area contributed by atoms with Crippen molar-refractivity contribution in [1.82, 2.24) is 4.90 Å². The third-order valence-corrected chi connectivity index (χ3v) is 2.64. The molecule has 0 saturated heterocycles. The van der Waals surface area contributed by atoms with Gasteiger partial charge in [0.05, 0.1) is 11.5 Å². The minimum atomic E-state index is -0.549. The Labute approximate surface area is 112 Å². The van der Waals surface area contributed by atoms with E-state index in [4.69, 9.17) is 6.42 Å². The van der Waals surface area contributed by atoms with E-state index in [9.17, 15) is 14.9 Å². The molecule has 0 aromatic heterocycles. The largest absolute Gasteiger partial charge is 0.327 e. The Morgan fingerprint density at radius 2 is 2.21 bits per heavy atom. The Morgan fingerprint density at radius 3 is 2.74 bits per heavy atom. The van der Waals surface area contributed by atoms with Crippen molar-refractivity contribution < 1.29 is 9.72 Å². The number of hydrogen-bond acceptors (Lipinski definition) is 3. The minimum Gasteiger partial charge on any atom is -0.327 e. The van der Waals surface area contributed by atoms with E-state index < -0.39 is 10.8 Å². The van der Waals surface area contributed by atoms with Gasteiger partial charge in [-0.1, -0.05) is 18.9 Å². The van der Waals surface area contributed by atoms with E-state index >= 15 is 0 Å². The van der Waals surface area contributed by atoms with Crippen LogP contribution in [0.5, 0.6) is 0 Å². The van der Waals surface area contributed by atoms with Gasteiger partial charge in [-0.25, -0.2) is 0 Å². The van der Waals surface area contributed by atoms with Gasteiger partial charge in [0.15, 0.2) is 0 Å². The molecule has 0 fully saturated rings. The van der Waals surface area contributed by atoms with Gasteiger partial charge in [-0.2, -0.15) is 0 Å². The predicted molar refractivity (Wildman–Crippen MR) is 72.9 cm³/mol. The molecular formula is C14H16N2O3. The van der Waals surface area contributed by atoms with Crippen LogP contribution in [0.15, 0.2) is 18.2 Å². The van der Waals surface area contributed by atoms with Gasteiger partial charge in [-0.05, 0) is 25.0 Å². The van der Waals surface area contributed by atoms with Crippen LogP contribution in [-0.2, 0) is 0 Å². The summed E-state index contributed by atoms with van der Waals surface area (Å²) in [6, 6.07) is 4.49. The van der Waals surface area contributed by atoms with Crippen LogP contribution >= 0.6 is 0 Å². The van der Waals surface area contributed by atoms with Crippen molar-refractivity contribution in [3.63, 3.8) is 0 Å². The van der Waals surface area contributed by atoms with Gasteiger partial charge in [0.2, 0.25) is 0 Å². The lowest BCUT2D eigenvalue weighted by molar-refractivity contribution is -0.385. The molecule has 19 heavy (non-hydrogen) atoms. The number of carbonyl (C=O) groups excluding carboxylic acids is 1. The normalized spacial score (nSPS) is 9.74. The quantitative estimate of drug-likeness (QED) is 0.464. The summed E-state index contributed by atoms with van der Waals surface area (Å²) < 4.78 is 0. The maximum Gasteiger partial charge on any atom is 0.282 e. The Bertz CT molecular complexity index is 532. The topological polar surface area (TPSA) is 63.5 Å². The molecule has 1 amide bonds. The fourth-order valence-electron chi connectivity index (χ4n) is 1.78. The van der Waals surface area contributed by atoms with E-state index in [-0.39, 0.29) is 17.8 Å². The number of rotatable bonds is 5. The van der Waals surface area contributed by atoms with Crippen LogP contribution in [0.2, 0.25) is 0 Å². The molecule has 1 rings (SSSR count). The van der Waals surface area contributed by atoms with E-state index in [0.717, 1.165) is 12.0 Å². The van der Waals surface area contributed by atoms with Gasteiger partial charge in [-0.3, -0.25) is 14.9 Å². The van der Waals surface area contributed by atoms with E-state index in [1.807, 2.05) is 6.92 Å². The number of nitro groups is 1. The highest BCUT2D eigenvalue weighted by molar-refractivity contribution is 5.98. The first-order valence-corrected chi connectivity index (χ1v) is 5.99. The number of terminal acetylenes is 1. The number of nitrogens with zero attached hydrogens (tertiary/aromatic N) is 2. The highest BCUT2D eigenvalue weighted by atomic mass is 16.6. The molecule has 0 saturated carbocycles. The smallest absolute Gasteiger partial charge is 0.282 e. The van der Waals surface area contributed by atoms with Crippen molar-refractivity contribution >= 4 is 11.6 Å².